The molecular formula is C14H20O2. The lowest BCUT2D eigenvalue weighted by molar-refractivity contribution is -0.134. The molecule has 2 heteroatoms. The Bertz CT molecular complexity index is 345. The van der Waals surface area contributed by atoms with Gasteiger partial charge in [-0.25, -0.2) is 0 Å². The van der Waals surface area contributed by atoms with Crippen molar-refractivity contribution in [2.45, 2.75) is 46.1 Å². The van der Waals surface area contributed by atoms with E-state index in [0.717, 1.165) is 24.8 Å². The van der Waals surface area contributed by atoms with Crippen LogP contribution in [0.25, 0.3) is 0 Å². The lowest BCUT2D eigenvalue weighted by Crippen LogP contribution is -2.06. The molecule has 0 radical (unpaired) electrons. The Labute approximate surface area is 97.6 Å². The van der Waals surface area contributed by atoms with Gasteiger partial charge < -0.3 is 4.74 Å². The minimum atomic E-state index is -0.0858. The summed E-state index contributed by atoms with van der Waals surface area (Å²) in [5.41, 5.74) is 3.61. The molecule has 0 heterocycles. The van der Waals surface area contributed by atoms with Gasteiger partial charge in [-0.1, -0.05) is 31.5 Å². The van der Waals surface area contributed by atoms with Crippen LogP contribution in [0.4, 0.5) is 0 Å². The van der Waals surface area contributed by atoms with Gasteiger partial charge in [0, 0.05) is 0 Å². The van der Waals surface area contributed by atoms with Crippen LogP contribution >= 0.6 is 0 Å². The summed E-state index contributed by atoms with van der Waals surface area (Å²) >= 11 is 0. The Morgan fingerprint density at radius 3 is 2.75 bits per heavy atom. The first kappa shape index (κ1) is 12.8. The number of rotatable bonds is 6. The molecule has 0 N–H and O–H groups in total. The van der Waals surface area contributed by atoms with Crippen LogP contribution in [0.15, 0.2) is 18.2 Å². The molecule has 0 fully saturated rings. The molecule has 0 saturated carbocycles. The topological polar surface area (TPSA) is 26.3 Å². The quantitative estimate of drug-likeness (QED) is 0.683. The molecule has 0 saturated heterocycles. The molecule has 88 valence electrons. The van der Waals surface area contributed by atoms with Crippen molar-refractivity contribution in [2.24, 2.45) is 0 Å². The number of hydrogen-bond donors (Lipinski definition) is 0. The van der Waals surface area contributed by atoms with Crippen LogP contribution in [0.1, 0.15) is 49.0 Å². The van der Waals surface area contributed by atoms with Gasteiger partial charge in [0.1, 0.15) is 6.10 Å². The van der Waals surface area contributed by atoms with Gasteiger partial charge in [-0.15, -0.1) is 0 Å². The summed E-state index contributed by atoms with van der Waals surface area (Å²) in [5, 5.41) is 0. The molecule has 1 rings (SSSR count). The molecule has 0 bridgehead atoms. The van der Waals surface area contributed by atoms with Gasteiger partial charge in [0.25, 0.3) is 6.47 Å². The summed E-state index contributed by atoms with van der Waals surface area (Å²) < 4.78 is 5.19. The van der Waals surface area contributed by atoms with Crippen LogP contribution in [0, 0.1) is 13.8 Å². The normalized spacial score (nSPS) is 12.2. The van der Waals surface area contributed by atoms with Crippen LogP contribution in [0.3, 0.4) is 0 Å². The van der Waals surface area contributed by atoms with Gasteiger partial charge in [-0.2, -0.15) is 0 Å². The lowest BCUT2D eigenvalue weighted by Gasteiger charge is -2.18. The number of ether oxygens (including phenoxy) is 1. The summed E-state index contributed by atoms with van der Waals surface area (Å²) in [4.78, 5) is 10.5. The van der Waals surface area contributed by atoms with Gasteiger partial charge in [0.05, 0.1) is 0 Å². The number of unbranched alkanes of at least 4 members (excludes halogenated alkanes) is 1. The second-order valence-electron chi connectivity index (χ2n) is 4.15. The molecule has 1 aromatic carbocycles. The van der Waals surface area contributed by atoms with Crippen LogP contribution in [0.2, 0.25) is 0 Å². The van der Waals surface area contributed by atoms with E-state index < -0.39 is 0 Å². The lowest BCUT2D eigenvalue weighted by atomic mass is 9.96. The van der Waals surface area contributed by atoms with Gasteiger partial charge in [-0.3, -0.25) is 4.79 Å². The minimum absolute atomic E-state index is 0.0858. The first-order chi connectivity index (χ1) is 7.70. The van der Waals surface area contributed by atoms with Crippen molar-refractivity contribution >= 4 is 6.47 Å². The molecule has 0 spiro atoms. The van der Waals surface area contributed by atoms with E-state index in [1.807, 2.05) is 12.1 Å². The Morgan fingerprint density at radius 1 is 1.38 bits per heavy atom. The molecule has 16 heavy (non-hydrogen) atoms. The monoisotopic (exact) mass is 220 g/mol. The maximum Gasteiger partial charge on any atom is 0.293 e. The molecule has 0 amide bonds. The van der Waals surface area contributed by atoms with E-state index in [2.05, 4.69) is 26.8 Å². The smallest absolute Gasteiger partial charge is 0.293 e. The zero-order valence-electron chi connectivity index (χ0n) is 10.3. The van der Waals surface area contributed by atoms with Crippen molar-refractivity contribution in [3.8, 4) is 0 Å². The van der Waals surface area contributed by atoms with Crippen molar-refractivity contribution < 1.29 is 9.53 Å². The van der Waals surface area contributed by atoms with Gasteiger partial charge in [0.15, 0.2) is 0 Å². The molecule has 2 nitrogen and oxygen atoms in total. The molecule has 0 aromatic heterocycles. The number of aryl methyl sites for hydroxylation is 1. The van der Waals surface area contributed by atoms with Crippen LogP contribution in [0.5, 0.6) is 0 Å². The fourth-order valence-electron chi connectivity index (χ4n) is 1.88. The fraction of sp³-hybridized carbons (Fsp3) is 0.500. The summed E-state index contributed by atoms with van der Waals surface area (Å²) in [5.74, 6) is 0. The van der Waals surface area contributed by atoms with Crippen LogP contribution in [-0.2, 0) is 9.53 Å². The zero-order valence-corrected chi connectivity index (χ0v) is 10.3. The molecule has 1 atom stereocenters. The second-order valence-corrected chi connectivity index (χ2v) is 4.15. The second kappa shape index (κ2) is 6.31. The summed E-state index contributed by atoms with van der Waals surface area (Å²) in [6, 6.07) is 6.15. The number of benzene rings is 1. The zero-order chi connectivity index (χ0) is 12.0. The Morgan fingerprint density at radius 2 is 2.12 bits per heavy atom. The molecule has 0 aliphatic carbocycles. The average Bonchev–Trinajstić information content (AvgIpc) is 2.28. The molecule has 1 unspecified atom stereocenters. The third-order valence-electron chi connectivity index (χ3n) is 3.03. The highest BCUT2D eigenvalue weighted by Gasteiger charge is 2.14. The Kier molecular flexibility index (Phi) is 5.03. The minimum Gasteiger partial charge on any atom is -0.460 e. The SMILES string of the molecule is CCCCC(OC=O)c1cccc(C)c1C. The van der Waals surface area contributed by atoms with E-state index in [9.17, 15) is 4.79 Å². The van der Waals surface area contributed by atoms with E-state index in [0.29, 0.717) is 6.47 Å². The average molecular weight is 220 g/mol. The largest absolute Gasteiger partial charge is 0.460 e. The molecule has 1 aromatic rings. The number of carbonyl (C=O) groups is 1. The first-order valence-corrected chi connectivity index (χ1v) is 5.86. The first-order valence-electron chi connectivity index (χ1n) is 5.86. The van der Waals surface area contributed by atoms with Crippen molar-refractivity contribution in [1.82, 2.24) is 0 Å². The van der Waals surface area contributed by atoms with Gasteiger partial charge >= 0.3 is 0 Å². The van der Waals surface area contributed by atoms with Gasteiger partial charge in [0.2, 0.25) is 0 Å². The Balaban J connectivity index is 2.91. The summed E-state index contributed by atoms with van der Waals surface area (Å²) in [6.45, 7) is 6.86. The van der Waals surface area contributed by atoms with E-state index in [4.69, 9.17) is 4.74 Å². The summed E-state index contributed by atoms with van der Waals surface area (Å²) in [7, 11) is 0. The number of hydrogen-bond acceptors (Lipinski definition) is 2. The number of carbonyl (C=O) groups excluding carboxylic acids is 1. The fourth-order valence-corrected chi connectivity index (χ4v) is 1.88. The highest BCUT2D eigenvalue weighted by molar-refractivity contribution is 5.41. The standard InChI is InChI=1S/C14H20O2/c1-4-5-9-14(16-10-15)13-8-6-7-11(2)12(13)3/h6-8,10,14H,4-5,9H2,1-3H3. The molecule has 0 aliphatic heterocycles. The van der Waals surface area contributed by atoms with Crippen molar-refractivity contribution in [1.29, 1.82) is 0 Å². The van der Waals surface area contributed by atoms with Crippen molar-refractivity contribution in [3.63, 3.8) is 0 Å². The highest BCUT2D eigenvalue weighted by Crippen LogP contribution is 2.27. The Hall–Kier alpha value is -1.31. The van der Waals surface area contributed by atoms with Crippen LogP contribution < -0.4 is 0 Å². The van der Waals surface area contributed by atoms with E-state index in [1.165, 1.54) is 11.1 Å². The third kappa shape index (κ3) is 3.09. The summed E-state index contributed by atoms with van der Waals surface area (Å²) in [6.07, 6.45) is 3.01. The third-order valence-corrected chi connectivity index (χ3v) is 3.03. The molecule has 0 aliphatic rings. The van der Waals surface area contributed by atoms with E-state index in [-0.39, 0.29) is 6.10 Å². The van der Waals surface area contributed by atoms with E-state index in [1.54, 1.807) is 0 Å². The van der Waals surface area contributed by atoms with Gasteiger partial charge in [-0.05, 0) is 43.4 Å². The van der Waals surface area contributed by atoms with Crippen LogP contribution in [-0.4, -0.2) is 6.47 Å². The van der Waals surface area contributed by atoms with E-state index >= 15 is 0 Å². The maximum atomic E-state index is 10.5. The van der Waals surface area contributed by atoms with Crippen molar-refractivity contribution in [2.75, 3.05) is 0 Å². The maximum absolute atomic E-state index is 10.5. The van der Waals surface area contributed by atoms with Crippen molar-refractivity contribution in [3.05, 3.63) is 34.9 Å². The predicted octanol–water partition coefficient (Wildman–Crippen LogP) is 3.71. The molecular weight excluding hydrogens is 200 g/mol. The highest BCUT2D eigenvalue weighted by atomic mass is 16.5. The predicted molar refractivity (Wildman–Crippen MR) is 65.3 cm³/mol.